The third kappa shape index (κ3) is 5.92. The number of benzene rings is 3. The lowest BCUT2D eigenvalue weighted by molar-refractivity contribution is 0.346. The van der Waals surface area contributed by atoms with Gasteiger partial charge in [0.1, 0.15) is 5.75 Å². The van der Waals surface area contributed by atoms with Crippen molar-refractivity contribution in [2.75, 3.05) is 20.2 Å². The molecule has 36 heavy (non-hydrogen) atoms. The molecule has 0 radical (unpaired) electrons. The van der Waals surface area contributed by atoms with Crippen LogP contribution in [0, 0.1) is 0 Å². The molecule has 1 saturated heterocycles. The number of methoxy groups -OCH3 is 1. The molecule has 1 aliphatic heterocycles. The molecule has 3 aromatic carbocycles. The highest BCUT2D eigenvalue weighted by Gasteiger charge is 2.29. The number of hydrogen-bond acceptors (Lipinski definition) is 5. The molecule has 0 amide bonds. The van der Waals surface area contributed by atoms with Crippen LogP contribution in [0.4, 0.5) is 0 Å². The molecule has 0 atom stereocenters. The van der Waals surface area contributed by atoms with Crippen molar-refractivity contribution in [3.8, 4) is 5.75 Å². The van der Waals surface area contributed by atoms with Crippen molar-refractivity contribution in [2.24, 2.45) is 0 Å². The predicted octanol–water partition coefficient (Wildman–Crippen LogP) is 4.91. The number of sulfonamides is 2. The van der Waals surface area contributed by atoms with E-state index in [2.05, 4.69) is 0 Å². The molecular weight excluding hydrogens is 520 g/mol. The van der Waals surface area contributed by atoms with Crippen LogP contribution in [0.15, 0.2) is 82.6 Å². The highest BCUT2D eigenvalue weighted by Crippen LogP contribution is 2.27. The van der Waals surface area contributed by atoms with E-state index in [1.165, 1.54) is 32.9 Å². The molecule has 0 saturated carbocycles. The summed E-state index contributed by atoms with van der Waals surface area (Å²) < 4.78 is 61.5. The Morgan fingerprint density at radius 2 is 1.42 bits per heavy atom. The van der Waals surface area contributed by atoms with E-state index >= 15 is 0 Å². The van der Waals surface area contributed by atoms with Gasteiger partial charge in [-0.25, -0.2) is 16.8 Å². The second-order valence-corrected chi connectivity index (χ2v) is 12.9. The van der Waals surface area contributed by atoms with Crippen molar-refractivity contribution in [1.82, 2.24) is 8.61 Å². The molecule has 0 spiro atoms. The fraction of sp³-hybridized carbons (Fsp3) is 0.308. The van der Waals surface area contributed by atoms with Gasteiger partial charge in [0, 0.05) is 31.2 Å². The van der Waals surface area contributed by atoms with Gasteiger partial charge in [0.15, 0.2) is 0 Å². The van der Waals surface area contributed by atoms with Crippen molar-refractivity contribution >= 4 is 31.6 Å². The maximum Gasteiger partial charge on any atom is 0.243 e. The third-order valence-corrected chi connectivity index (χ3v) is 10.3. The second-order valence-electron chi connectivity index (χ2n) is 8.65. The van der Waals surface area contributed by atoms with Crippen molar-refractivity contribution in [3.05, 3.63) is 88.9 Å². The van der Waals surface area contributed by atoms with E-state index in [9.17, 15) is 16.8 Å². The van der Waals surface area contributed by atoms with Crippen LogP contribution in [-0.2, 0) is 33.1 Å². The number of piperidine rings is 1. The largest absolute Gasteiger partial charge is 0.497 e. The minimum atomic E-state index is -3.98. The first-order valence-electron chi connectivity index (χ1n) is 11.7. The SMILES string of the molecule is COc1ccc(CN(Cc2ccccc2Cl)S(=O)(=O)c2ccc(S(=O)(=O)N3CCCCC3)cc2)cc1. The molecule has 1 fully saturated rings. The van der Waals surface area contributed by atoms with Crippen molar-refractivity contribution in [2.45, 2.75) is 42.1 Å². The van der Waals surface area contributed by atoms with Gasteiger partial charge in [-0.2, -0.15) is 8.61 Å². The van der Waals surface area contributed by atoms with Gasteiger partial charge < -0.3 is 4.74 Å². The Morgan fingerprint density at radius 3 is 2.03 bits per heavy atom. The van der Waals surface area contributed by atoms with Crippen LogP contribution < -0.4 is 4.74 Å². The molecule has 10 heteroatoms. The van der Waals surface area contributed by atoms with Crippen molar-refractivity contribution < 1.29 is 21.6 Å². The molecule has 192 valence electrons. The Labute approximate surface area is 218 Å². The van der Waals surface area contributed by atoms with Gasteiger partial charge in [0.05, 0.1) is 16.9 Å². The predicted molar refractivity (Wildman–Crippen MR) is 140 cm³/mol. The summed E-state index contributed by atoms with van der Waals surface area (Å²) in [6.45, 7) is 1.12. The van der Waals surface area contributed by atoms with E-state index in [4.69, 9.17) is 16.3 Å². The van der Waals surface area contributed by atoms with Gasteiger partial charge in [0.25, 0.3) is 0 Å². The standard InChI is InChI=1S/C26H29ClN2O5S2/c1-34-23-11-9-21(10-12-23)19-29(20-22-7-3-4-8-26(22)27)36(32,33)25-15-13-24(14-16-25)35(30,31)28-17-5-2-6-18-28/h3-4,7-16H,2,5-6,17-20H2,1H3. The summed E-state index contributed by atoms with van der Waals surface area (Å²) in [7, 11) is -6.07. The van der Waals surface area contributed by atoms with Crippen LogP contribution in [0.1, 0.15) is 30.4 Å². The zero-order valence-electron chi connectivity index (χ0n) is 20.0. The first kappa shape index (κ1) is 26.6. The minimum Gasteiger partial charge on any atom is -0.497 e. The summed E-state index contributed by atoms with van der Waals surface area (Å²) in [5, 5.41) is 0.468. The van der Waals surface area contributed by atoms with Crippen LogP contribution in [0.5, 0.6) is 5.75 Å². The molecule has 4 rings (SSSR count). The van der Waals surface area contributed by atoms with E-state index in [1.807, 2.05) is 12.1 Å². The molecule has 7 nitrogen and oxygen atoms in total. The molecule has 1 heterocycles. The van der Waals surface area contributed by atoms with Gasteiger partial charge in [-0.1, -0.05) is 48.4 Å². The number of rotatable bonds is 9. The van der Waals surface area contributed by atoms with Crippen molar-refractivity contribution in [3.63, 3.8) is 0 Å². The van der Waals surface area contributed by atoms with Gasteiger partial charge in [0.2, 0.25) is 20.0 Å². The minimum absolute atomic E-state index is 0.0145. The molecule has 3 aromatic rings. The first-order chi connectivity index (χ1) is 17.2. The van der Waals surface area contributed by atoms with E-state index in [0.717, 1.165) is 24.8 Å². The summed E-state index contributed by atoms with van der Waals surface area (Å²) in [5.41, 5.74) is 1.44. The van der Waals surface area contributed by atoms with E-state index in [-0.39, 0.29) is 22.9 Å². The second kappa shape index (κ2) is 11.3. The van der Waals surface area contributed by atoms with Crippen LogP contribution in [0.2, 0.25) is 5.02 Å². The number of halogens is 1. The average Bonchev–Trinajstić information content (AvgIpc) is 2.90. The summed E-state index contributed by atoms with van der Waals surface area (Å²) in [5.74, 6) is 0.671. The Hall–Kier alpha value is -2.43. The molecule has 0 unspecified atom stereocenters. The summed E-state index contributed by atoms with van der Waals surface area (Å²) in [6.07, 6.45) is 2.67. The average molecular weight is 549 g/mol. The first-order valence-corrected chi connectivity index (χ1v) is 14.9. The quantitative estimate of drug-likeness (QED) is 0.379. The van der Waals surface area contributed by atoms with E-state index in [1.54, 1.807) is 43.5 Å². The molecule has 0 aromatic heterocycles. The van der Waals surface area contributed by atoms with E-state index < -0.39 is 20.0 Å². The van der Waals surface area contributed by atoms with Gasteiger partial charge >= 0.3 is 0 Å². The highest BCUT2D eigenvalue weighted by molar-refractivity contribution is 7.89. The third-order valence-electron chi connectivity index (χ3n) is 6.24. The highest BCUT2D eigenvalue weighted by atomic mass is 35.5. The maximum absolute atomic E-state index is 13.7. The summed E-state index contributed by atoms with van der Waals surface area (Å²) in [6, 6.07) is 19.7. The van der Waals surface area contributed by atoms with Crippen molar-refractivity contribution in [1.29, 1.82) is 0 Å². The number of ether oxygens (including phenoxy) is 1. The van der Waals surface area contributed by atoms with Gasteiger partial charge in [-0.3, -0.25) is 0 Å². The molecule has 0 aliphatic carbocycles. The Bertz CT molecular complexity index is 1390. The van der Waals surface area contributed by atoms with Crippen LogP contribution in [0.3, 0.4) is 0 Å². The molecular formula is C26H29ClN2O5S2. The van der Waals surface area contributed by atoms with Gasteiger partial charge in [-0.15, -0.1) is 0 Å². The lowest BCUT2D eigenvalue weighted by atomic mass is 10.2. The zero-order valence-corrected chi connectivity index (χ0v) is 22.4. The van der Waals surface area contributed by atoms with E-state index in [0.29, 0.717) is 29.4 Å². The van der Waals surface area contributed by atoms with Crippen LogP contribution in [-0.4, -0.2) is 45.6 Å². The number of hydrogen-bond donors (Lipinski definition) is 0. The normalized spacial score (nSPS) is 15.2. The molecule has 0 N–H and O–H groups in total. The summed E-state index contributed by atoms with van der Waals surface area (Å²) in [4.78, 5) is 0.108. The fourth-order valence-corrected chi connectivity index (χ4v) is 7.28. The Morgan fingerprint density at radius 1 is 0.806 bits per heavy atom. The lowest BCUT2D eigenvalue weighted by Crippen LogP contribution is -2.35. The fourth-order valence-electron chi connectivity index (χ4n) is 4.16. The Kier molecular flexibility index (Phi) is 8.37. The molecule has 0 bridgehead atoms. The van der Waals surface area contributed by atoms with Crippen LogP contribution in [0.25, 0.3) is 0 Å². The summed E-state index contributed by atoms with van der Waals surface area (Å²) >= 11 is 6.34. The number of nitrogens with zero attached hydrogens (tertiary/aromatic N) is 2. The molecule has 1 aliphatic rings. The monoisotopic (exact) mass is 548 g/mol. The van der Waals surface area contributed by atoms with Crippen LogP contribution >= 0.6 is 11.6 Å². The maximum atomic E-state index is 13.7. The zero-order chi connectivity index (χ0) is 25.8. The Balaban J connectivity index is 1.64. The topological polar surface area (TPSA) is 84.0 Å². The van der Waals surface area contributed by atoms with Gasteiger partial charge in [-0.05, 0) is 66.4 Å². The smallest absolute Gasteiger partial charge is 0.243 e. The lowest BCUT2D eigenvalue weighted by Gasteiger charge is -2.26.